The van der Waals surface area contributed by atoms with Gasteiger partial charge in [-0.2, -0.15) is 0 Å². The van der Waals surface area contributed by atoms with Crippen LogP contribution in [0.15, 0.2) is 60.6 Å². The number of aromatic nitrogens is 1. The number of rotatable bonds is 0. The molecule has 0 bridgehead atoms. The first-order valence-corrected chi connectivity index (χ1v) is 14.3. The second-order valence-electron chi connectivity index (χ2n) is 13.6. The molecule has 5 aromatic rings. The van der Waals surface area contributed by atoms with Gasteiger partial charge >= 0.3 is 0 Å². The molecular weight excluding hydrogens is 477 g/mol. The van der Waals surface area contributed by atoms with Crippen molar-refractivity contribution in [3.8, 4) is 23.0 Å². The summed E-state index contributed by atoms with van der Waals surface area (Å²) < 4.78 is 24.1. The first kappa shape index (κ1) is 22.2. The highest BCUT2D eigenvalue weighted by Crippen LogP contribution is 2.43. The molecule has 4 aromatic carbocycles. The molecule has 1 aliphatic carbocycles. The molecule has 0 amide bonds. The summed E-state index contributed by atoms with van der Waals surface area (Å²) in [6.07, 6.45) is 3.51. The van der Waals surface area contributed by atoms with Crippen LogP contribution in [-0.4, -0.2) is 11.3 Å². The fourth-order valence-corrected chi connectivity index (χ4v) is 7.25. The molecule has 3 aliphatic rings. The van der Waals surface area contributed by atoms with Crippen molar-refractivity contribution in [1.29, 1.82) is 0 Å². The molecule has 3 nitrogen and oxygen atoms in total. The zero-order chi connectivity index (χ0) is 27.7. The Hall–Kier alpha value is -3.66. The van der Waals surface area contributed by atoms with Crippen LogP contribution in [0.2, 0.25) is 0 Å². The lowest BCUT2D eigenvalue weighted by molar-refractivity contribution is 0.423. The van der Waals surface area contributed by atoms with E-state index >= 15 is 0 Å². The summed E-state index contributed by atoms with van der Waals surface area (Å²) in [7, 11) is 0. The van der Waals surface area contributed by atoms with Gasteiger partial charge in [0.15, 0.2) is 0 Å². The SMILES string of the molecule is [2H]c1cc2c3c(c1)Oc1cc4c5c6c(ccc5n(C(C)(C)C)c4cc1B3c1cc(C(C)(C)C)ccc1O2)CCC6. The number of nitrogens with zero attached hydrogens (tertiary/aromatic N) is 1. The lowest BCUT2D eigenvalue weighted by Gasteiger charge is -2.34. The summed E-state index contributed by atoms with van der Waals surface area (Å²) in [5.74, 6) is 3.21. The molecule has 0 N–H and O–H groups in total. The predicted octanol–water partition coefficient (Wildman–Crippen LogP) is 7.06. The normalized spacial score (nSPS) is 15.8. The molecule has 3 heterocycles. The summed E-state index contributed by atoms with van der Waals surface area (Å²) in [6.45, 7) is 13.7. The number of hydrogen-bond acceptors (Lipinski definition) is 2. The van der Waals surface area contributed by atoms with Crippen molar-refractivity contribution in [1.82, 2.24) is 4.57 Å². The van der Waals surface area contributed by atoms with E-state index in [4.69, 9.17) is 10.8 Å². The minimum Gasteiger partial charge on any atom is -0.458 e. The van der Waals surface area contributed by atoms with E-state index in [1.165, 1.54) is 55.8 Å². The number of aryl methyl sites for hydroxylation is 2. The van der Waals surface area contributed by atoms with E-state index in [-0.39, 0.29) is 17.7 Å². The van der Waals surface area contributed by atoms with Crippen molar-refractivity contribution in [2.45, 2.75) is 71.8 Å². The van der Waals surface area contributed by atoms with E-state index in [0.717, 1.165) is 41.3 Å². The van der Waals surface area contributed by atoms with Crippen molar-refractivity contribution >= 4 is 44.9 Å². The smallest absolute Gasteiger partial charge is 0.260 e. The molecule has 8 rings (SSSR count). The quantitative estimate of drug-likeness (QED) is 0.203. The molecule has 2 aliphatic heterocycles. The maximum absolute atomic E-state index is 8.48. The van der Waals surface area contributed by atoms with Crippen LogP contribution in [0, 0.1) is 0 Å². The second-order valence-corrected chi connectivity index (χ2v) is 13.6. The summed E-state index contributed by atoms with van der Waals surface area (Å²) in [5, 5.41) is 2.65. The van der Waals surface area contributed by atoms with Gasteiger partial charge in [-0.25, -0.2) is 0 Å². The van der Waals surface area contributed by atoms with Gasteiger partial charge < -0.3 is 14.0 Å². The average Bonchev–Trinajstić information content (AvgIpc) is 3.47. The first-order valence-electron chi connectivity index (χ1n) is 14.8. The summed E-state index contributed by atoms with van der Waals surface area (Å²) in [5.41, 5.74) is 10.1. The van der Waals surface area contributed by atoms with Gasteiger partial charge in [0.2, 0.25) is 0 Å². The third-order valence-corrected chi connectivity index (χ3v) is 9.00. The Morgan fingerprint density at radius 3 is 2.26 bits per heavy atom. The summed E-state index contributed by atoms with van der Waals surface area (Å²) in [6, 6.07) is 20.0. The van der Waals surface area contributed by atoms with Gasteiger partial charge in [0.1, 0.15) is 23.0 Å². The third-order valence-electron chi connectivity index (χ3n) is 9.00. The fourth-order valence-electron chi connectivity index (χ4n) is 7.25. The van der Waals surface area contributed by atoms with Crippen LogP contribution in [0.25, 0.3) is 21.8 Å². The number of benzene rings is 4. The summed E-state index contributed by atoms with van der Waals surface area (Å²) >= 11 is 0. The van der Waals surface area contributed by atoms with Crippen LogP contribution in [0.1, 0.15) is 66.0 Å². The molecule has 194 valence electrons. The van der Waals surface area contributed by atoms with Crippen LogP contribution in [0.4, 0.5) is 0 Å². The van der Waals surface area contributed by atoms with E-state index in [1.54, 1.807) is 0 Å². The fraction of sp³-hybridized carbons (Fsp3) is 0.314. The molecule has 0 atom stereocenters. The molecule has 1 aromatic heterocycles. The Morgan fingerprint density at radius 1 is 0.769 bits per heavy atom. The van der Waals surface area contributed by atoms with E-state index in [0.29, 0.717) is 6.04 Å². The largest absolute Gasteiger partial charge is 0.458 e. The minimum atomic E-state index is -0.0905. The van der Waals surface area contributed by atoms with Crippen LogP contribution in [0.3, 0.4) is 0 Å². The predicted molar refractivity (Wildman–Crippen MR) is 163 cm³/mol. The highest BCUT2D eigenvalue weighted by molar-refractivity contribution is 6.98. The Bertz CT molecular complexity index is 1920. The Kier molecular flexibility index (Phi) is 4.27. The van der Waals surface area contributed by atoms with Gasteiger partial charge in [-0.15, -0.1) is 0 Å². The molecule has 0 unspecified atom stereocenters. The number of ether oxygens (including phenoxy) is 2. The molecule has 39 heavy (non-hydrogen) atoms. The maximum Gasteiger partial charge on any atom is 0.260 e. The van der Waals surface area contributed by atoms with Crippen LogP contribution in [0.5, 0.6) is 23.0 Å². The van der Waals surface area contributed by atoms with Gasteiger partial charge in [-0.05, 0) is 109 Å². The van der Waals surface area contributed by atoms with Crippen LogP contribution >= 0.6 is 0 Å². The molecule has 0 radical (unpaired) electrons. The van der Waals surface area contributed by atoms with Gasteiger partial charge in [-0.3, -0.25) is 0 Å². The minimum absolute atomic E-state index is 0.0140. The Morgan fingerprint density at radius 2 is 1.51 bits per heavy atom. The molecule has 4 heteroatoms. The third kappa shape index (κ3) is 3.18. The second kappa shape index (κ2) is 7.50. The van der Waals surface area contributed by atoms with Crippen molar-refractivity contribution in [3.63, 3.8) is 0 Å². The van der Waals surface area contributed by atoms with Crippen LogP contribution in [-0.2, 0) is 23.8 Å². The van der Waals surface area contributed by atoms with Crippen molar-refractivity contribution in [3.05, 3.63) is 77.3 Å². The lowest BCUT2D eigenvalue weighted by atomic mass is 9.34. The molecule has 0 spiro atoms. The van der Waals surface area contributed by atoms with E-state index < -0.39 is 0 Å². The van der Waals surface area contributed by atoms with Gasteiger partial charge in [0.05, 0.1) is 1.37 Å². The van der Waals surface area contributed by atoms with Gasteiger partial charge in [0.25, 0.3) is 6.71 Å². The standard InChI is InChI=1S/C35H34BNO2/c1-34(2,3)21-14-16-28-24(17-21)36-25-19-27-23(18-31(25)39-30-12-8-11-29(38-28)33(30)36)32-22-10-7-9-20(22)13-15-26(32)37(27)35(4,5)6/h8,11-19H,7,9-10H2,1-6H3/i8D. The van der Waals surface area contributed by atoms with E-state index in [2.05, 4.69) is 88.6 Å². The Labute approximate surface area is 232 Å². The van der Waals surface area contributed by atoms with Crippen molar-refractivity contribution < 1.29 is 10.8 Å². The summed E-state index contributed by atoms with van der Waals surface area (Å²) in [4.78, 5) is 0. The molecular formula is C35H34BNO2. The molecule has 0 saturated carbocycles. The number of hydrogen-bond donors (Lipinski definition) is 0. The topological polar surface area (TPSA) is 23.4 Å². The van der Waals surface area contributed by atoms with Crippen molar-refractivity contribution in [2.24, 2.45) is 0 Å². The monoisotopic (exact) mass is 512 g/mol. The van der Waals surface area contributed by atoms with Crippen molar-refractivity contribution in [2.75, 3.05) is 0 Å². The zero-order valence-corrected chi connectivity index (χ0v) is 23.7. The van der Waals surface area contributed by atoms with Gasteiger partial charge in [0, 0.05) is 32.8 Å². The van der Waals surface area contributed by atoms with Gasteiger partial charge in [-0.1, -0.05) is 45.0 Å². The van der Waals surface area contributed by atoms with E-state index in [1.807, 2.05) is 12.1 Å². The highest BCUT2D eigenvalue weighted by Gasteiger charge is 2.41. The zero-order valence-electron chi connectivity index (χ0n) is 24.7. The highest BCUT2D eigenvalue weighted by atomic mass is 16.5. The molecule has 0 saturated heterocycles. The van der Waals surface area contributed by atoms with Crippen LogP contribution < -0.4 is 25.9 Å². The number of fused-ring (bicyclic) bond motifs is 9. The molecule has 0 fully saturated rings. The Balaban J connectivity index is 1.48. The van der Waals surface area contributed by atoms with E-state index in [9.17, 15) is 0 Å². The first-order chi connectivity index (χ1) is 19.0. The lowest BCUT2D eigenvalue weighted by Crippen LogP contribution is -2.57. The average molecular weight is 512 g/mol. The maximum atomic E-state index is 8.48.